The summed E-state index contributed by atoms with van der Waals surface area (Å²) in [5.41, 5.74) is 2.74. The number of carbonyl (C=O) groups excluding carboxylic acids is 2. The molecule has 7 nitrogen and oxygen atoms in total. The number of likely N-dealkylation sites (tertiary alicyclic amines) is 1. The van der Waals surface area contributed by atoms with Crippen molar-refractivity contribution in [1.82, 2.24) is 4.90 Å². The number of aliphatic hydroxyl groups excluding tert-OH is 1. The van der Waals surface area contributed by atoms with Crippen LogP contribution in [0, 0.1) is 5.92 Å². The summed E-state index contributed by atoms with van der Waals surface area (Å²) in [4.78, 5) is 30.3. The van der Waals surface area contributed by atoms with Crippen molar-refractivity contribution in [2.75, 3.05) is 18.1 Å². The van der Waals surface area contributed by atoms with Crippen LogP contribution in [0.1, 0.15) is 48.5 Å². The molecule has 0 saturated carbocycles. The standard InChI is InChI=1S/C35H41FN2O5Si/c1-23-29(42-32(34(23)44(2,3)36)21-33(40)37-20-8-9-26(37)22-39)19-16-24-14-17-25(18-15-24)38-28-11-5-7-13-31(28)43-30-12-6-4-10-27(30)35(38)41/h4-7,10-15,17-18,23,26,29,32,34,39H,8-9,16,19-22H2,1-3H3/t23-,26+,29+,32-,34+/m1/s1. The van der Waals surface area contributed by atoms with Crippen LogP contribution in [0.2, 0.25) is 18.6 Å². The predicted molar refractivity (Wildman–Crippen MR) is 171 cm³/mol. The van der Waals surface area contributed by atoms with Crippen LogP contribution in [-0.4, -0.2) is 61.6 Å². The van der Waals surface area contributed by atoms with E-state index in [-0.39, 0.29) is 48.4 Å². The Hall–Kier alpha value is -3.53. The van der Waals surface area contributed by atoms with Gasteiger partial charge in [-0.3, -0.25) is 14.5 Å². The van der Waals surface area contributed by atoms with E-state index >= 15 is 4.11 Å². The third kappa shape index (κ3) is 5.92. The quantitative estimate of drug-likeness (QED) is 0.217. The maximum atomic E-state index is 15.6. The van der Waals surface area contributed by atoms with Crippen molar-refractivity contribution in [1.29, 1.82) is 0 Å². The predicted octanol–water partition coefficient (Wildman–Crippen LogP) is 7.03. The molecule has 0 radical (unpaired) electrons. The highest BCUT2D eigenvalue weighted by molar-refractivity contribution is 6.72. The van der Waals surface area contributed by atoms with E-state index in [9.17, 15) is 14.7 Å². The lowest BCUT2D eigenvalue weighted by atomic mass is 9.95. The molecule has 1 N–H and O–H groups in total. The van der Waals surface area contributed by atoms with Crippen LogP contribution in [0.3, 0.4) is 0 Å². The van der Waals surface area contributed by atoms with Gasteiger partial charge in [0.25, 0.3) is 5.91 Å². The minimum Gasteiger partial charge on any atom is -0.454 e. The second-order valence-corrected chi connectivity index (χ2v) is 16.6. The Kier molecular flexibility index (Phi) is 8.63. The Balaban J connectivity index is 1.16. The summed E-state index contributed by atoms with van der Waals surface area (Å²) in [5, 5.41) is 9.69. The van der Waals surface area contributed by atoms with Crippen LogP contribution in [0.15, 0.2) is 72.8 Å². The number of amides is 2. The Labute approximate surface area is 259 Å². The Morgan fingerprint density at radius 3 is 2.43 bits per heavy atom. The minimum absolute atomic E-state index is 0.00255. The second-order valence-electron chi connectivity index (χ2n) is 12.8. The summed E-state index contributed by atoms with van der Waals surface area (Å²) < 4.78 is 28.2. The topological polar surface area (TPSA) is 79.3 Å². The van der Waals surface area contributed by atoms with Crippen molar-refractivity contribution in [2.45, 2.75) is 75.9 Å². The van der Waals surface area contributed by atoms with Crippen LogP contribution >= 0.6 is 0 Å². The molecule has 0 aliphatic carbocycles. The summed E-state index contributed by atoms with van der Waals surface area (Å²) in [7, 11) is -3.12. The maximum Gasteiger partial charge on any atom is 0.266 e. The summed E-state index contributed by atoms with van der Waals surface area (Å²) in [5.74, 6) is 0.936. The third-order valence-electron chi connectivity index (χ3n) is 9.54. The maximum absolute atomic E-state index is 15.6. The van der Waals surface area contributed by atoms with Gasteiger partial charge in [0.05, 0.1) is 42.5 Å². The monoisotopic (exact) mass is 616 g/mol. The number of carbonyl (C=O) groups is 2. The van der Waals surface area contributed by atoms with E-state index in [1.165, 1.54) is 0 Å². The molecule has 3 aliphatic heterocycles. The van der Waals surface area contributed by atoms with Gasteiger partial charge in [0.2, 0.25) is 14.3 Å². The van der Waals surface area contributed by atoms with E-state index in [4.69, 9.17) is 9.47 Å². The summed E-state index contributed by atoms with van der Waals surface area (Å²) in [6.45, 7) is 6.09. The van der Waals surface area contributed by atoms with Crippen LogP contribution in [0.25, 0.3) is 0 Å². The number of nitrogens with zero attached hydrogens (tertiary/aromatic N) is 2. The van der Waals surface area contributed by atoms with Crippen LogP contribution in [0.4, 0.5) is 15.5 Å². The van der Waals surface area contributed by atoms with E-state index in [1.807, 2.05) is 60.7 Å². The highest BCUT2D eigenvalue weighted by atomic mass is 28.4. The van der Waals surface area contributed by atoms with Crippen LogP contribution < -0.4 is 9.64 Å². The van der Waals surface area contributed by atoms with Gasteiger partial charge in [-0.15, -0.1) is 0 Å². The van der Waals surface area contributed by atoms with Crippen LogP contribution in [-0.2, 0) is 16.0 Å². The van der Waals surface area contributed by atoms with Gasteiger partial charge >= 0.3 is 0 Å². The number of hydrogen-bond donors (Lipinski definition) is 1. The van der Waals surface area contributed by atoms with Gasteiger partial charge in [-0.25, -0.2) is 0 Å². The number of aliphatic hydroxyl groups is 1. The van der Waals surface area contributed by atoms with Gasteiger partial charge in [-0.2, -0.15) is 0 Å². The van der Waals surface area contributed by atoms with E-state index in [1.54, 1.807) is 35.0 Å². The highest BCUT2D eigenvalue weighted by Gasteiger charge is 2.52. The lowest BCUT2D eigenvalue weighted by molar-refractivity contribution is -0.135. The molecule has 2 fully saturated rings. The van der Waals surface area contributed by atoms with E-state index < -0.39 is 14.5 Å². The number of rotatable bonds is 8. The molecule has 2 amide bonds. The molecule has 5 atom stereocenters. The lowest BCUT2D eigenvalue weighted by Gasteiger charge is -2.30. The molecule has 2 saturated heterocycles. The second kappa shape index (κ2) is 12.5. The molecule has 9 heteroatoms. The third-order valence-corrected chi connectivity index (χ3v) is 12.0. The average molecular weight is 617 g/mol. The van der Waals surface area contributed by atoms with Gasteiger partial charge in [0.1, 0.15) is 5.75 Å². The largest absolute Gasteiger partial charge is 0.454 e. The minimum atomic E-state index is -3.12. The first kappa shape index (κ1) is 30.5. The molecule has 3 heterocycles. The summed E-state index contributed by atoms with van der Waals surface area (Å²) >= 11 is 0. The number of benzene rings is 3. The zero-order chi connectivity index (χ0) is 31.0. The first-order valence-corrected chi connectivity index (χ1v) is 18.6. The smallest absolute Gasteiger partial charge is 0.266 e. The molecule has 6 rings (SSSR count). The number of para-hydroxylation sites is 3. The zero-order valence-corrected chi connectivity index (χ0v) is 26.6. The van der Waals surface area contributed by atoms with Gasteiger partial charge in [0.15, 0.2) is 5.75 Å². The number of fused-ring (bicyclic) bond motifs is 2. The van der Waals surface area contributed by atoms with Crippen LogP contribution in [0.5, 0.6) is 11.5 Å². The number of hydrogen-bond acceptors (Lipinski definition) is 5. The fraction of sp³-hybridized carbons (Fsp3) is 0.429. The lowest BCUT2D eigenvalue weighted by Crippen LogP contribution is -2.42. The number of aryl methyl sites for hydroxylation is 1. The van der Waals surface area contributed by atoms with Gasteiger partial charge in [-0.05, 0) is 86.7 Å². The first-order chi connectivity index (χ1) is 21.2. The molecule has 232 valence electrons. The Morgan fingerprint density at radius 1 is 1.00 bits per heavy atom. The number of ether oxygens (including phenoxy) is 2. The van der Waals surface area contributed by atoms with Gasteiger partial charge < -0.3 is 23.6 Å². The summed E-state index contributed by atoms with van der Waals surface area (Å²) in [6.07, 6.45) is 2.68. The SMILES string of the molecule is C[C@H]1[C@H]([Si](C)(C)F)[C@@H](CC(=O)N2CCC[C@H]2CO)O[C@H]1CCc1ccc(N2C(=O)c3ccccc3Oc3ccccc32)cc1. The van der Waals surface area contributed by atoms with E-state index in [0.29, 0.717) is 35.7 Å². The zero-order valence-electron chi connectivity index (χ0n) is 25.6. The molecule has 3 aromatic carbocycles. The van der Waals surface area contributed by atoms with E-state index in [2.05, 4.69) is 6.92 Å². The Morgan fingerprint density at radius 2 is 1.70 bits per heavy atom. The molecule has 0 unspecified atom stereocenters. The Bertz CT molecular complexity index is 1510. The van der Waals surface area contributed by atoms with Crippen molar-refractivity contribution in [3.05, 3.63) is 83.9 Å². The molecular weight excluding hydrogens is 575 g/mol. The molecule has 3 aliphatic rings. The summed E-state index contributed by atoms with van der Waals surface area (Å²) in [6, 6.07) is 22.6. The fourth-order valence-electron chi connectivity index (χ4n) is 7.41. The molecule has 0 spiro atoms. The average Bonchev–Trinajstić information content (AvgIpc) is 3.58. The number of halogens is 1. The van der Waals surface area contributed by atoms with Crippen molar-refractivity contribution in [2.24, 2.45) is 5.92 Å². The first-order valence-electron chi connectivity index (χ1n) is 15.7. The van der Waals surface area contributed by atoms with Crippen molar-refractivity contribution < 1.29 is 28.3 Å². The van der Waals surface area contributed by atoms with Crippen molar-refractivity contribution in [3.63, 3.8) is 0 Å². The molecule has 0 aromatic heterocycles. The molecule has 0 bridgehead atoms. The molecule has 3 aromatic rings. The number of anilines is 2. The van der Waals surface area contributed by atoms with E-state index in [0.717, 1.165) is 30.5 Å². The molecular formula is C35H41FN2O5Si. The van der Waals surface area contributed by atoms with Crippen molar-refractivity contribution >= 4 is 31.6 Å². The molecule has 44 heavy (non-hydrogen) atoms. The van der Waals surface area contributed by atoms with Crippen molar-refractivity contribution in [3.8, 4) is 11.5 Å². The fourth-order valence-corrected chi connectivity index (χ4v) is 9.95. The van der Waals surface area contributed by atoms with Gasteiger partial charge in [0, 0.05) is 17.8 Å². The highest BCUT2D eigenvalue weighted by Crippen LogP contribution is 2.47. The van der Waals surface area contributed by atoms with Gasteiger partial charge in [-0.1, -0.05) is 43.3 Å². The normalized spacial score (nSPS) is 24.9.